The van der Waals surface area contributed by atoms with Gasteiger partial charge in [-0.2, -0.15) is 13.2 Å². The minimum Gasteiger partial charge on any atom is -0.382 e. The number of nitrogens with one attached hydrogen (secondary N) is 2. The quantitative estimate of drug-likeness (QED) is 0.770. The Hall–Kier alpha value is -2.29. The first kappa shape index (κ1) is 22.0. The van der Waals surface area contributed by atoms with Crippen molar-refractivity contribution in [3.8, 4) is 0 Å². The van der Waals surface area contributed by atoms with Crippen LogP contribution >= 0.6 is 0 Å². The first-order valence-electron chi connectivity index (χ1n) is 9.25. The van der Waals surface area contributed by atoms with Crippen LogP contribution in [0.15, 0.2) is 24.3 Å². The van der Waals surface area contributed by atoms with E-state index in [-0.39, 0.29) is 25.0 Å². The SMILES string of the molecule is CCNC(=O)C1CCCN(C(=O)NC(COC)c2cccc(C(F)(F)F)c2)C1. The number of amides is 3. The molecule has 0 radical (unpaired) electrons. The summed E-state index contributed by atoms with van der Waals surface area (Å²) in [4.78, 5) is 26.2. The zero-order chi connectivity index (χ0) is 20.7. The van der Waals surface area contributed by atoms with Gasteiger partial charge in [0.2, 0.25) is 5.91 Å². The molecule has 1 fully saturated rings. The molecule has 6 nitrogen and oxygen atoms in total. The summed E-state index contributed by atoms with van der Waals surface area (Å²) in [7, 11) is 1.42. The van der Waals surface area contributed by atoms with Crippen molar-refractivity contribution < 1.29 is 27.5 Å². The molecule has 1 aliphatic heterocycles. The lowest BCUT2D eigenvalue weighted by molar-refractivity contribution is -0.137. The van der Waals surface area contributed by atoms with E-state index in [0.717, 1.165) is 12.1 Å². The largest absolute Gasteiger partial charge is 0.416 e. The van der Waals surface area contributed by atoms with Crippen molar-refractivity contribution in [3.63, 3.8) is 0 Å². The third-order valence-corrected chi connectivity index (χ3v) is 4.68. The zero-order valence-corrected chi connectivity index (χ0v) is 16.0. The summed E-state index contributed by atoms with van der Waals surface area (Å²) in [5.41, 5.74) is -0.475. The highest BCUT2D eigenvalue weighted by Gasteiger charge is 2.32. The molecule has 0 aliphatic carbocycles. The minimum atomic E-state index is -4.47. The average molecular weight is 401 g/mol. The molecule has 0 spiro atoms. The van der Waals surface area contributed by atoms with Crippen LogP contribution in [0.1, 0.15) is 36.9 Å². The maximum atomic E-state index is 13.0. The number of rotatable bonds is 6. The standard InChI is InChI=1S/C19H26F3N3O3/c1-3-23-17(26)14-7-5-9-25(11-14)18(27)24-16(12-28-2)13-6-4-8-15(10-13)19(20,21)22/h4,6,8,10,14,16H,3,5,7,9,11-12H2,1-2H3,(H,23,26)(H,24,27). The topological polar surface area (TPSA) is 70.7 Å². The number of piperidine rings is 1. The Labute approximate surface area is 162 Å². The van der Waals surface area contributed by atoms with E-state index in [2.05, 4.69) is 10.6 Å². The molecule has 2 unspecified atom stereocenters. The van der Waals surface area contributed by atoms with Gasteiger partial charge >= 0.3 is 12.2 Å². The predicted molar refractivity (Wildman–Crippen MR) is 97.6 cm³/mol. The first-order chi connectivity index (χ1) is 13.3. The molecule has 1 heterocycles. The number of methoxy groups -OCH3 is 1. The molecule has 1 aromatic rings. The van der Waals surface area contributed by atoms with Crippen LogP contribution in [0.5, 0.6) is 0 Å². The molecule has 156 valence electrons. The Balaban J connectivity index is 2.09. The highest BCUT2D eigenvalue weighted by molar-refractivity contribution is 5.81. The maximum Gasteiger partial charge on any atom is 0.416 e. The summed E-state index contributed by atoms with van der Waals surface area (Å²) in [5.74, 6) is -0.375. The number of halogens is 3. The molecule has 0 bridgehead atoms. The molecule has 28 heavy (non-hydrogen) atoms. The Morgan fingerprint density at radius 2 is 2.11 bits per heavy atom. The Bertz CT molecular complexity index is 682. The van der Waals surface area contributed by atoms with Crippen molar-refractivity contribution in [3.05, 3.63) is 35.4 Å². The first-order valence-corrected chi connectivity index (χ1v) is 9.25. The molecular formula is C19H26F3N3O3. The average Bonchev–Trinajstić information content (AvgIpc) is 2.67. The molecular weight excluding hydrogens is 375 g/mol. The van der Waals surface area contributed by atoms with Crippen molar-refractivity contribution in [2.24, 2.45) is 5.92 Å². The fourth-order valence-corrected chi connectivity index (χ4v) is 3.25. The fourth-order valence-electron chi connectivity index (χ4n) is 3.25. The maximum absolute atomic E-state index is 13.0. The van der Waals surface area contributed by atoms with E-state index in [1.807, 2.05) is 6.92 Å². The van der Waals surface area contributed by atoms with E-state index in [1.165, 1.54) is 24.1 Å². The lowest BCUT2D eigenvalue weighted by Crippen LogP contribution is -2.50. The van der Waals surface area contributed by atoms with Crippen molar-refractivity contribution in [1.29, 1.82) is 0 Å². The van der Waals surface area contributed by atoms with Gasteiger partial charge in [-0.05, 0) is 37.5 Å². The van der Waals surface area contributed by atoms with Crippen LogP contribution < -0.4 is 10.6 Å². The van der Waals surface area contributed by atoms with Crippen LogP contribution in [-0.4, -0.2) is 50.2 Å². The van der Waals surface area contributed by atoms with Crippen molar-refractivity contribution in [1.82, 2.24) is 15.5 Å². The third kappa shape index (κ3) is 5.85. The smallest absolute Gasteiger partial charge is 0.382 e. The number of hydrogen-bond acceptors (Lipinski definition) is 3. The van der Waals surface area contributed by atoms with Gasteiger partial charge in [-0.3, -0.25) is 4.79 Å². The second-order valence-corrected chi connectivity index (χ2v) is 6.76. The molecule has 2 atom stereocenters. The van der Waals surface area contributed by atoms with Crippen LogP contribution in [0.3, 0.4) is 0 Å². The van der Waals surface area contributed by atoms with Crippen molar-refractivity contribution in [2.75, 3.05) is 33.4 Å². The van der Waals surface area contributed by atoms with E-state index in [9.17, 15) is 22.8 Å². The monoisotopic (exact) mass is 401 g/mol. The van der Waals surface area contributed by atoms with Crippen LogP contribution in [0.25, 0.3) is 0 Å². The summed E-state index contributed by atoms with van der Waals surface area (Å²) < 4.78 is 44.0. The molecule has 2 rings (SSSR count). The minimum absolute atomic E-state index is 0.0284. The van der Waals surface area contributed by atoms with E-state index >= 15 is 0 Å². The molecule has 3 amide bonds. The molecule has 1 aliphatic rings. The van der Waals surface area contributed by atoms with Crippen LogP contribution in [-0.2, 0) is 15.7 Å². The molecule has 1 aromatic carbocycles. The number of benzene rings is 1. The van der Waals surface area contributed by atoms with Gasteiger partial charge in [0.05, 0.1) is 24.1 Å². The number of nitrogens with zero attached hydrogens (tertiary/aromatic N) is 1. The molecule has 0 aromatic heterocycles. The van der Waals surface area contributed by atoms with Gasteiger partial charge in [-0.25, -0.2) is 4.79 Å². The molecule has 0 saturated carbocycles. The van der Waals surface area contributed by atoms with Gasteiger partial charge in [0, 0.05) is 26.7 Å². The predicted octanol–water partition coefficient (Wildman–Crippen LogP) is 2.95. The number of alkyl halides is 3. The second kappa shape index (κ2) is 9.77. The normalized spacial score (nSPS) is 18.5. The molecule has 1 saturated heterocycles. The van der Waals surface area contributed by atoms with Gasteiger partial charge < -0.3 is 20.3 Å². The van der Waals surface area contributed by atoms with Crippen LogP contribution in [0, 0.1) is 5.92 Å². The Kier molecular flexibility index (Phi) is 7.68. The van der Waals surface area contributed by atoms with E-state index in [0.29, 0.717) is 31.5 Å². The highest BCUT2D eigenvalue weighted by atomic mass is 19.4. The van der Waals surface area contributed by atoms with E-state index in [4.69, 9.17) is 4.74 Å². The van der Waals surface area contributed by atoms with Crippen molar-refractivity contribution in [2.45, 2.75) is 32.0 Å². The third-order valence-electron chi connectivity index (χ3n) is 4.68. The Morgan fingerprint density at radius 1 is 1.36 bits per heavy atom. The summed E-state index contributed by atoms with van der Waals surface area (Å²) in [6.45, 7) is 3.15. The van der Waals surface area contributed by atoms with Gasteiger partial charge in [-0.15, -0.1) is 0 Å². The number of carbonyl (C=O) groups excluding carboxylic acids is 2. The number of ether oxygens (including phenoxy) is 1. The van der Waals surface area contributed by atoms with Crippen molar-refractivity contribution >= 4 is 11.9 Å². The summed E-state index contributed by atoms with van der Waals surface area (Å²) in [6, 6.07) is 3.67. The van der Waals surface area contributed by atoms with E-state index < -0.39 is 23.8 Å². The number of carbonyl (C=O) groups is 2. The van der Waals surface area contributed by atoms with Gasteiger partial charge in [-0.1, -0.05) is 12.1 Å². The number of hydrogen-bond donors (Lipinski definition) is 2. The lowest BCUT2D eigenvalue weighted by atomic mass is 9.97. The second-order valence-electron chi connectivity index (χ2n) is 6.76. The highest BCUT2D eigenvalue weighted by Crippen LogP contribution is 2.31. The van der Waals surface area contributed by atoms with Gasteiger partial charge in [0.15, 0.2) is 0 Å². The summed E-state index contributed by atoms with van der Waals surface area (Å²) in [6.07, 6.45) is -3.08. The molecule has 2 N–H and O–H groups in total. The number of urea groups is 1. The van der Waals surface area contributed by atoms with Gasteiger partial charge in [0.1, 0.15) is 0 Å². The number of likely N-dealkylation sites (tertiary alicyclic amines) is 1. The zero-order valence-electron chi connectivity index (χ0n) is 16.0. The summed E-state index contributed by atoms with van der Waals surface area (Å²) >= 11 is 0. The Morgan fingerprint density at radius 3 is 2.75 bits per heavy atom. The summed E-state index contributed by atoms with van der Waals surface area (Å²) in [5, 5.41) is 5.50. The molecule has 9 heteroatoms. The van der Waals surface area contributed by atoms with Crippen LogP contribution in [0.4, 0.5) is 18.0 Å². The fraction of sp³-hybridized carbons (Fsp3) is 0.579. The van der Waals surface area contributed by atoms with Gasteiger partial charge in [0.25, 0.3) is 0 Å². The lowest BCUT2D eigenvalue weighted by Gasteiger charge is -2.33. The van der Waals surface area contributed by atoms with Crippen LogP contribution in [0.2, 0.25) is 0 Å². The van der Waals surface area contributed by atoms with E-state index in [1.54, 1.807) is 0 Å².